The topological polar surface area (TPSA) is 29.4 Å². The number of ketones is 1. The van der Waals surface area contributed by atoms with Crippen molar-refractivity contribution >= 4 is 29.3 Å². The zero-order valence-corrected chi connectivity index (χ0v) is 14.5. The first-order valence-corrected chi connectivity index (χ1v) is 9.61. The number of allylic oxidation sites excluding steroid dienone is 3. The van der Waals surface area contributed by atoms with E-state index in [9.17, 15) is 9.18 Å². The third-order valence-corrected chi connectivity index (χ3v) is 6.37. The monoisotopic (exact) mass is 341 g/mol. The van der Waals surface area contributed by atoms with Crippen LogP contribution in [-0.2, 0) is 4.79 Å². The standard InChI is InChI=1S/C20H20FNOS/c1-2-4-12-11-13(7-8-14(12)21)18-19-15(5-3-6-17(19)23)22-16-9-10-24-20(16)18/h2,4,7-8,11,18,20H,3,5-6,9-10H2,1H3. The second kappa shape index (κ2) is 6.32. The first-order valence-electron chi connectivity index (χ1n) is 8.56. The van der Waals surface area contributed by atoms with Gasteiger partial charge in [0.2, 0.25) is 0 Å². The van der Waals surface area contributed by atoms with Crippen molar-refractivity contribution in [2.24, 2.45) is 4.99 Å². The summed E-state index contributed by atoms with van der Waals surface area (Å²) in [5, 5.41) is 0.231. The Morgan fingerprint density at radius 1 is 1.29 bits per heavy atom. The summed E-state index contributed by atoms with van der Waals surface area (Å²) in [4.78, 5) is 17.5. The predicted molar refractivity (Wildman–Crippen MR) is 98.0 cm³/mol. The van der Waals surface area contributed by atoms with Crippen molar-refractivity contribution in [2.75, 3.05) is 5.75 Å². The summed E-state index contributed by atoms with van der Waals surface area (Å²) in [6, 6.07) is 5.29. The van der Waals surface area contributed by atoms with Crippen LogP contribution in [0.2, 0.25) is 0 Å². The van der Waals surface area contributed by atoms with E-state index in [0.717, 1.165) is 41.8 Å². The number of rotatable bonds is 2. The highest BCUT2D eigenvalue weighted by Crippen LogP contribution is 2.47. The third kappa shape index (κ3) is 2.57. The van der Waals surface area contributed by atoms with Crippen LogP contribution < -0.4 is 0 Å². The van der Waals surface area contributed by atoms with Crippen LogP contribution in [0.3, 0.4) is 0 Å². The van der Waals surface area contributed by atoms with Crippen molar-refractivity contribution in [3.05, 3.63) is 52.5 Å². The highest BCUT2D eigenvalue weighted by Gasteiger charge is 2.42. The number of carbonyl (C=O) groups is 1. The number of hydrogen-bond acceptors (Lipinski definition) is 3. The Bertz CT molecular complexity index is 793. The minimum atomic E-state index is -0.218. The second-order valence-corrected chi connectivity index (χ2v) is 7.79. The first kappa shape index (κ1) is 15.8. The van der Waals surface area contributed by atoms with Crippen LogP contribution in [0.1, 0.15) is 49.7 Å². The average molecular weight is 341 g/mol. The molecule has 2 atom stereocenters. The zero-order valence-electron chi connectivity index (χ0n) is 13.7. The second-order valence-electron chi connectivity index (χ2n) is 6.54. The molecule has 0 bridgehead atoms. The lowest BCUT2D eigenvalue weighted by molar-refractivity contribution is -0.116. The molecule has 0 N–H and O–H groups in total. The summed E-state index contributed by atoms with van der Waals surface area (Å²) in [6.45, 7) is 1.88. The lowest BCUT2D eigenvalue weighted by Gasteiger charge is -2.33. The molecule has 1 aliphatic carbocycles. The van der Waals surface area contributed by atoms with E-state index in [4.69, 9.17) is 4.99 Å². The fraction of sp³-hybridized carbons (Fsp3) is 0.400. The molecular formula is C20H20FNOS. The highest BCUT2D eigenvalue weighted by atomic mass is 32.2. The maximum atomic E-state index is 14.0. The number of thioether (sulfide) groups is 1. The van der Waals surface area contributed by atoms with Gasteiger partial charge in [-0.3, -0.25) is 9.79 Å². The zero-order chi connectivity index (χ0) is 16.7. The lowest BCUT2D eigenvalue weighted by Crippen LogP contribution is -2.32. The number of fused-ring (bicyclic) bond motifs is 1. The summed E-state index contributed by atoms with van der Waals surface area (Å²) in [5.74, 6) is 1.09. The number of hydrogen-bond donors (Lipinski definition) is 0. The molecule has 1 fully saturated rings. The molecule has 4 heteroatoms. The first-order chi connectivity index (χ1) is 11.7. The van der Waals surface area contributed by atoms with Crippen molar-refractivity contribution in [3.63, 3.8) is 0 Å². The number of halogens is 1. The molecule has 1 aromatic rings. The van der Waals surface area contributed by atoms with E-state index >= 15 is 0 Å². The van der Waals surface area contributed by atoms with Gasteiger partial charge in [0.25, 0.3) is 0 Å². The lowest BCUT2D eigenvalue weighted by atomic mass is 9.77. The Labute approximate surface area is 145 Å². The molecule has 2 heterocycles. The minimum Gasteiger partial charge on any atom is -0.294 e. The quantitative estimate of drug-likeness (QED) is 0.765. The van der Waals surface area contributed by atoms with Gasteiger partial charge < -0.3 is 0 Å². The van der Waals surface area contributed by atoms with E-state index in [0.29, 0.717) is 12.0 Å². The predicted octanol–water partition coefficient (Wildman–Crippen LogP) is 4.91. The van der Waals surface area contributed by atoms with Gasteiger partial charge in [0.05, 0.1) is 5.25 Å². The van der Waals surface area contributed by atoms with Gasteiger partial charge >= 0.3 is 0 Å². The molecule has 3 aliphatic rings. The molecule has 124 valence electrons. The summed E-state index contributed by atoms with van der Waals surface area (Å²) >= 11 is 1.88. The highest BCUT2D eigenvalue weighted by molar-refractivity contribution is 8.01. The Balaban J connectivity index is 1.85. The average Bonchev–Trinajstić information content (AvgIpc) is 3.03. The van der Waals surface area contributed by atoms with E-state index < -0.39 is 0 Å². The molecule has 2 nitrogen and oxygen atoms in total. The molecule has 24 heavy (non-hydrogen) atoms. The molecule has 1 aromatic carbocycles. The number of carbonyl (C=O) groups excluding carboxylic acids is 1. The molecule has 1 saturated heterocycles. The molecule has 0 radical (unpaired) electrons. The minimum absolute atomic E-state index is 0.0254. The fourth-order valence-electron chi connectivity index (χ4n) is 3.98. The van der Waals surface area contributed by atoms with E-state index in [1.54, 1.807) is 6.08 Å². The van der Waals surface area contributed by atoms with Crippen LogP contribution in [0.4, 0.5) is 4.39 Å². The molecule has 0 amide bonds. The summed E-state index contributed by atoms with van der Waals surface area (Å²) < 4.78 is 14.0. The van der Waals surface area contributed by atoms with Crippen LogP contribution in [-0.4, -0.2) is 22.5 Å². The van der Waals surface area contributed by atoms with Gasteiger partial charge in [-0.1, -0.05) is 18.2 Å². The normalized spacial score (nSPS) is 26.6. The van der Waals surface area contributed by atoms with Crippen LogP contribution in [0.5, 0.6) is 0 Å². The van der Waals surface area contributed by atoms with Gasteiger partial charge in [0, 0.05) is 34.9 Å². The molecule has 2 unspecified atom stereocenters. The number of nitrogens with zero attached hydrogens (tertiary/aromatic N) is 1. The molecular weight excluding hydrogens is 321 g/mol. The van der Waals surface area contributed by atoms with Gasteiger partial charge in [-0.15, -0.1) is 0 Å². The number of aliphatic imine (C=N–C) groups is 1. The summed E-state index contributed by atoms with van der Waals surface area (Å²) in [6.07, 6.45) is 7.03. The van der Waals surface area contributed by atoms with Crippen LogP contribution >= 0.6 is 11.8 Å². The Hall–Kier alpha value is -1.68. The molecule has 4 rings (SSSR count). The maximum absolute atomic E-state index is 14.0. The van der Waals surface area contributed by atoms with Gasteiger partial charge in [-0.05, 0) is 49.6 Å². The molecule has 0 aromatic heterocycles. The van der Waals surface area contributed by atoms with Crippen LogP contribution in [0.15, 0.2) is 40.5 Å². The van der Waals surface area contributed by atoms with Crippen molar-refractivity contribution in [1.82, 2.24) is 0 Å². The van der Waals surface area contributed by atoms with E-state index in [-0.39, 0.29) is 22.8 Å². The van der Waals surface area contributed by atoms with Crippen molar-refractivity contribution in [2.45, 2.75) is 43.8 Å². The van der Waals surface area contributed by atoms with Gasteiger partial charge in [0.1, 0.15) is 5.82 Å². The Kier molecular flexibility index (Phi) is 4.17. The van der Waals surface area contributed by atoms with Gasteiger partial charge in [0.15, 0.2) is 5.78 Å². The van der Waals surface area contributed by atoms with Crippen molar-refractivity contribution in [3.8, 4) is 0 Å². The van der Waals surface area contributed by atoms with Crippen molar-refractivity contribution < 1.29 is 9.18 Å². The maximum Gasteiger partial charge on any atom is 0.161 e. The molecule has 0 saturated carbocycles. The van der Waals surface area contributed by atoms with Gasteiger partial charge in [-0.2, -0.15) is 11.8 Å². The fourth-order valence-corrected chi connectivity index (χ4v) is 5.41. The van der Waals surface area contributed by atoms with E-state index in [1.807, 2.05) is 36.9 Å². The van der Waals surface area contributed by atoms with Crippen molar-refractivity contribution in [1.29, 1.82) is 0 Å². The Morgan fingerprint density at radius 3 is 3.00 bits per heavy atom. The molecule has 0 spiro atoms. The van der Waals surface area contributed by atoms with E-state index in [2.05, 4.69) is 0 Å². The molecule has 2 aliphatic heterocycles. The van der Waals surface area contributed by atoms with Crippen LogP contribution in [0, 0.1) is 5.82 Å². The number of benzene rings is 1. The summed E-state index contributed by atoms with van der Waals surface area (Å²) in [7, 11) is 0. The summed E-state index contributed by atoms with van der Waals surface area (Å²) in [5.41, 5.74) is 4.73. The smallest absolute Gasteiger partial charge is 0.161 e. The van der Waals surface area contributed by atoms with Crippen LogP contribution in [0.25, 0.3) is 6.08 Å². The van der Waals surface area contributed by atoms with E-state index in [1.165, 1.54) is 11.8 Å². The largest absolute Gasteiger partial charge is 0.294 e. The third-order valence-electron chi connectivity index (χ3n) is 5.03. The van der Waals surface area contributed by atoms with Gasteiger partial charge in [-0.25, -0.2) is 4.39 Å². The number of Topliss-reactive ketones (excluding diaryl/α,β-unsaturated/α-hetero) is 1. The Morgan fingerprint density at radius 2 is 2.17 bits per heavy atom. The SMILES string of the molecule is CC=Cc1cc(C2C3=C(CCCC3=O)N=C3CCSC32)ccc1F.